The van der Waals surface area contributed by atoms with Crippen LogP contribution >= 0.6 is 11.8 Å². The van der Waals surface area contributed by atoms with Crippen molar-refractivity contribution in [3.05, 3.63) is 0 Å². The number of nitrogens with zero attached hydrogens (tertiary/aromatic N) is 1. The number of likely N-dealkylation sites (tertiary alicyclic amines) is 1. The Balaban J connectivity index is 2.03. The monoisotopic (exact) mass is 203 g/mol. The third-order valence-corrected chi connectivity index (χ3v) is 3.39. The minimum atomic E-state index is -0.342. The summed E-state index contributed by atoms with van der Waals surface area (Å²) in [5.74, 6) is 2.41. The van der Waals surface area contributed by atoms with Gasteiger partial charge in [-0.1, -0.05) is 20.3 Å². The van der Waals surface area contributed by atoms with E-state index >= 15 is 0 Å². The van der Waals surface area contributed by atoms with E-state index in [2.05, 4.69) is 18.7 Å². The third-order valence-electron chi connectivity index (χ3n) is 2.51. The molecule has 1 fully saturated rings. The van der Waals surface area contributed by atoms with Crippen LogP contribution in [0.2, 0.25) is 0 Å². The van der Waals surface area contributed by atoms with Crippen molar-refractivity contribution in [1.29, 1.82) is 0 Å². The van der Waals surface area contributed by atoms with Gasteiger partial charge < -0.3 is 5.11 Å². The zero-order valence-electron chi connectivity index (χ0n) is 8.75. The van der Waals surface area contributed by atoms with E-state index in [0.29, 0.717) is 0 Å². The summed E-state index contributed by atoms with van der Waals surface area (Å²) >= 11 is 1.98. The molecule has 3 heteroatoms. The van der Waals surface area contributed by atoms with Crippen molar-refractivity contribution in [2.24, 2.45) is 0 Å². The second kappa shape index (κ2) is 5.23. The Morgan fingerprint density at radius 1 is 1.38 bits per heavy atom. The van der Waals surface area contributed by atoms with Gasteiger partial charge in [0.1, 0.15) is 0 Å². The molecule has 1 aliphatic rings. The molecular formula is C10H21NOS. The maximum absolute atomic E-state index is 9.89. The summed E-state index contributed by atoms with van der Waals surface area (Å²) in [6, 6.07) is 0. The molecule has 1 saturated heterocycles. The van der Waals surface area contributed by atoms with Gasteiger partial charge in [-0.05, 0) is 12.2 Å². The molecule has 0 atom stereocenters. The molecule has 0 bridgehead atoms. The van der Waals surface area contributed by atoms with Crippen molar-refractivity contribution < 1.29 is 5.11 Å². The molecule has 78 valence electrons. The molecule has 2 nitrogen and oxygen atoms in total. The van der Waals surface area contributed by atoms with Crippen LogP contribution < -0.4 is 0 Å². The van der Waals surface area contributed by atoms with Gasteiger partial charge in [0, 0.05) is 25.4 Å². The van der Waals surface area contributed by atoms with Crippen molar-refractivity contribution in [2.75, 3.05) is 31.1 Å². The average Bonchev–Trinajstić information content (AvgIpc) is 2.02. The summed E-state index contributed by atoms with van der Waals surface area (Å²) in [5, 5.41) is 9.89. The highest BCUT2D eigenvalue weighted by Gasteiger charge is 2.39. The van der Waals surface area contributed by atoms with Gasteiger partial charge in [-0.15, -0.1) is 0 Å². The Morgan fingerprint density at radius 3 is 2.62 bits per heavy atom. The fourth-order valence-corrected chi connectivity index (χ4v) is 2.58. The van der Waals surface area contributed by atoms with E-state index in [1.165, 1.54) is 11.5 Å². The van der Waals surface area contributed by atoms with Crippen LogP contribution in [-0.2, 0) is 0 Å². The zero-order chi connectivity index (χ0) is 9.73. The fourth-order valence-electron chi connectivity index (χ4n) is 1.91. The van der Waals surface area contributed by atoms with E-state index in [1.807, 2.05) is 11.8 Å². The predicted molar refractivity (Wildman–Crippen MR) is 59.3 cm³/mol. The fraction of sp³-hybridized carbons (Fsp3) is 1.00. The van der Waals surface area contributed by atoms with Gasteiger partial charge in [0.15, 0.2) is 0 Å². The molecule has 13 heavy (non-hydrogen) atoms. The lowest BCUT2D eigenvalue weighted by Gasteiger charge is -2.46. The molecule has 0 radical (unpaired) electrons. The minimum Gasteiger partial charge on any atom is -0.387 e. The Bertz CT molecular complexity index is 146. The number of hydrogen-bond donors (Lipinski definition) is 1. The van der Waals surface area contributed by atoms with Gasteiger partial charge in [-0.3, -0.25) is 4.90 Å². The third kappa shape index (κ3) is 3.49. The highest BCUT2D eigenvalue weighted by molar-refractivity contribution is 7.99. The van der Waals surface area contributed by atoms with Gasteiger partial charge in [0.2, 0.25) is 0 Å². The maximum Gasteiger partial charge on any atom is 0.0900 e. The van der Waals surface area contributed by atoms with Gasteiger partial charge >= 0.3 is 0 Å². The molecule has 0 amide bonds. The second-order valence-corrected chi connectivity index (χ2v) is 5.28. The summed E-state index contributed by atoms with van der Waals surface area (Å²) < 4.78 is 0. The highest BCUT2D eigenvalue weighted by atomic mass is 32.2. The molecule has 0 unspecified atom stereocenters. The molecule has 1 rings (SSSR count). The summed E-state index contributed by atoms with van der Waals surface area (Å²) in [6.45, 7) is 7.25. The molecule has 0 aromatic carbocycles. The first-order chi connectivity index (χ1) is 6.20. The molecule has 1 aliphatic heterocycles. The van der Waals surface area contributed by atoms with Crippen molar-refractivity contribution in [2.45, 2.75) is 32.3 Å². The van der Waals surface area contributed by atoms with Crippen LogP contribution in [0.4, 0.5) is 0 Å². The lowest BCUT2D eigenvalue weighted by atomic mass is 9.89. The van der Waals surface area contributed by atoms with Crippen LogP contribution in [0.1, 0.15) is 26.7 Å². The van der Waals surface area contributed by atoms with E-state index in [1.54, 1.807) is 0 Å². The second-order valence-electron chi connectivity index (χ2n) is 3.88. The Morgan fingerprint density at radius 2 is 2.08 bits per heavy atom. The number of rotatable bonds is 6. The van der Waals surface area contributed by atoms with E-state index in [0.717, 1.165) is 32.5 Å². The molecule has 0 saturated carbocycles. The van der Waals surface area contributed by atoms with Crippen molar-refractivity contribution >= 4 is 11.8 Å². The van der Waals surface area contributed by atoms with Crippen LogP contribution in [0.5, 0.6) is 0 Å². The normalized spacial score (nSPS) is 21.5. The molecular weight excluding hydrogens is 182 g/mol. The largest absolute Gasteiger partial charge is 0.387 e. The first-order valence-corrected chi connectivity index (χ1v) is 6.38. The minimum absolute atomic E-state index is 0.342. The first-order valence-electron chi connectivity index (χ1n) is 5.22. The molecule has 0 aromatic rings. The van der Waals surface area contributed by atoms with Crippen molar-refractivity contribution in [3.8, 4) is 0 Å². The van der Waals surface area contributed by atoms with Crippen LogP contribution in [-0.4, -0.2) is 46.7 Å². The molecule has 0 aliphatic carbocycles. The number of aliphatic hydroxyl groups is 1. The lowest BCUT2D eigenvalue weighted by Crippen LogP contribution is -2.61. The lowest BCUT2D eigenvalue weighted by molar-refractivity contribution is -0.0999. The highest BCUT2D eigenvalue weighted by Crippen LogP contribution is 2.25. The smallest absolute Gasteiger partial charge is 0.0900 e. The quantitative estimate of drug-likeness (QED) is 0.663. The van der Waals surface area contributed by atoms with Crippen molar-refractivity contribution in [1.82, 2.24) is 4.90 Å². The van der Waals surface area contributed by atoms with E-state index < -0.39 is 0 Å². The van der Waals surface area contributed by atoms with Crippen molar-refractivity contribution in [3.63, 3.8) is 0 Å². The Kier molecular flexibility index (Phi) is 4.56. The first kappa shape index (κ1) is 11.3. The van der Waals surface area contributed by atoms with Crippen LogP contribution in [0.25, 0.3) is 0 Å². The van der Waals surface area contributed by atoms with E-state index in [4.69, 9.17) is 0 Å². The van der Waals surface area contributed by atoms with Gasteiger partial charge in [-0.2, -0.15) is 11.8 Å². The number of β-amino-alcohol motifs (C(OH)–C–C–N with tert-alkyl or cyclic N) is 1. The molecule has 1 N–H and O–H groups in total. The summed E-state index contributed by atoms with van der Waals surface area (Å²) in [4.78, 5) is 2.35. The van der Waals surface area contributed by atoms with Gasteiger partial charge in [0.05, 0.1) is 5.60 Å². The summed E-state index contributed by atoms with van der Waals surface area (Å²) in [5.41, 5.74) is -0.342. The maximum atomic E-state index is 9.89. The van der Waals surface area contributed by atoms with E-state index in [9.17, 15) is 5.11 Å². The Hall–Kier alpha value is 0.270. The number of hydrogen-bond acceptors (Lipinski definition) is 3. The van der Waals surface area contributed by atoms with Crippen LogP contribution in [0, 0.1) is 0 Å². The van der Waals surface area contributed by atoms with Crippen LogP contribution in [0.15, 0.2) is 0 Å². The average molecular weight is 203 g/mol. The van der Waals surface area contributed by atoms with Gasteiger partial charge in [-0.25, -0.2) is 0 Å². The molecule has 0 spiro atoms. The molecule has 1 heterocycles. The standard InChI is InChI=1S/C10H21NOS/c1-3-5-10(12)8-11(9-10)6-7-13-4-2/h12H,3-9H2,1-2H3. The van der Waals surface area contributed by atoms with Crippen LogP contribution in [0.3, 0.4) is 0 Å². The molecule has 0 aromatic heterocycles. The van der Waals surface area contributed by atoms with Gasteiger partial charge in [0.25, 0.3) is 0 Å². The summed E-state index contributed by atoms with van der Waals surface area (Å²) in [6.07, 6.45) is 2.05. The summed E-state index contributed by atoms with van der Waals surface area (Å²) in [7, 11) is 0. The SMILES string of the molecule is CCCC1(O)CN(CCSCC)C1. The Labute approximate surface area is 85.7 Å². The zero-order valence-corrected chi connectivity index (χ0v) is 9.57. The topological polar surface area (TPSA) is 23.5 Å². The number of thioether (sulfide) groups is 1. The van der Waals surface area contributed by atoms with E-state index in [-0.39, 0.29) is 5.60 Å². The predicted octanol–water partition coefficient (Wildman–Crippen LogP) is 1.59.